The Morgan fingerprint density at radius 1 is 1.09 bits per heavy atom. The van der Waals surface area contributed by atoms with Crippen molar-refractivity contribution in [3.8, 4) is 6.07 Å². The number of rotatable bonds is 2. The van der Waals surface area contributed by atoms with Crippen molar-refractivity contribution in [3.05, 3.63) is 71.4 Å². The van der Waals surface area contributed by atoms with Gasteiger partial charge in [-0.2, -0.15) is 5.26 Å². The molecule has 1 aromatic heterocycles. The Kier molecular flexibility index (Phi) is 3.01. The molecular weight excluding hydrogens is 270 g/mol. The van der Waals surface area contributed by atoms with Crippen molar-refractivity contribution in [1.82, 2.24) is 4.98 Å². The minimum Gasteiger partial charge on any atom is -0.378 e. The summed E-state index contributed by atoms with van der Waals surface area (Å²) < 4.78 is 0. The van der Waals surface area contributed by atoms with Crippen molar-refractivity contribution >= 4 is 16.6 Å². The van der Waals surface area contributed by atoms with Crippen LogP contribution in [0.2, 0.25) is 0 Å². The molecule has 1 heterocycles. The number of nitrogens with zero attached hydrogens (tertiary/aromatic N) is 2. The van der Waals surface area contributed by atoms with E-state index in [9.17, 15) is 5.26 Å². The molecule has 0 spiro atoms. The SMILES string of the molecule is N#Cc1cc(NC2CCc3ccccc32)c2ccccc2n1. The molecule has 1 aliphatic carbocycles. The van der Waals surface area contributed by atoms with Gasteiger partial charge in [0, 0.05) is 11.1 Å². The second kappa shape index (κ2) is 5.16. The zero-order valence-electron chi connectivity index (χ0n) is 12.1. The minimum atomic E-state index is 0.300. The van der Waals surface area contributed by atoms with Gasteiger partial charge < -0.3 is 5.32 Å². The maximum absolute atomic E-state index is 9.20. The first kappa shape index (κ1) is 12.8. The molecule has 106 valence electrons. The third kappa shape index (κ3) is 2.10. The topological polar surface area (TPSA) is 48.7 Å². The van der Waals surface area contributed by atoms with Gasteiger partial charge >= 0.3 is 0 Å². The van der Waals surface area contributed by atoms with Gasteiger partial charge in [-0.1, -0.05) is 42.5 Å². The molecule has 2 aromatic carbocycles. The average molecular weight is 285 g/mol. The second-order valence-electron chi connectivity index (χ2n) is 5.62. The standard InChI is InChI=1S/C19H15N3/c20-12-14-11-19(16-7-3-4-8-17(16)21-14)22-18-10-9-13-5-1-2-6-15(13)18/h1-8,11,18H,9-10H2,(H,21,22). The lowest BCUT2D eigenvalue weighted by atomic mass is 10.1. The van der Waals surface area contributed by atoms with E-state index < -0.39 is 0 Å². The van der Waals surface area contributed by atoms with Crippen molar-refractivity contribution in [1.29, 1.82) is 5.26 Å². The number of nitrogens with one attached hydrogen (secondary N) is 1. The van der Waals surface area contributed by atoms with Crippen LogP contribution in [0.3, 0.4) is 0 Å². The molecule has 3 aromatic rings. The van der Waals surface area contributed by atoms with Crippen molar-refractivity contribution in [3.63, 3.8) is 0 Å². The predicted molar refractivity (Wildman–Crippen MR) is 87.6 cm³/mol. The van der Waals surface area contributed by atoms with Crippen molar-refractivity contribution < 1.29 is 0 Å². The highest BCUT2D eigenvalue weighted by atomic mass is 14.9. The zero-order chi connectivity index (χ0) is 14.9. The number of hydrogen-bond acceptors (Lipinski definition) is 3. The summed E-state index contributed by atoms with van der Waals surface area (Å²) in [4.78, 5) is 4.37. The normalized spacial score (nSPS) is 16.2. The van der Waals surface area contributed by atoms with E-state index in [-0.39, 0.29) is 0 Å². The zero-order valence-corrected chi connectivity index (χ0v) is 12.1. The summed E-state index contributed by atoms with van der Waals surface area (Å²) in [5.74, 6) is 0. The summed E-state index contributed by atoms with van der Waals surface area (Å²) >= 11 is 0. The molecule has 0 fully saturated rings. The lowest BCUT2D eigenvalue weighted by Crippen LogP contribution is -2.08. The van der Waals surface area contributed by atoms with Crippen LogP contribution >= 0.6 is 0 Å². The quantitative estimate of drug-likeness (QED) is 0.767. The Morgan fingerprint density at radius 2 is 1.91 bits per heavy atom. The minimum absolute atomic E-state index is 0.300. The van der Waals surface area contributed by atoms with Crippen LogP contribution in [0.1, 0.15) is 29.3 Å². The van der Waals surface area contributed by atoms with E-state index in [1.54, 1.807) is 0 Å². The van der Waals surface area contributed by atoms with Crippen LogP contribution in [0.5, 0.6) is 0 Å². The molecule has 0 amide bonds. The van der Waals surface area contributed by atoms with Gasteiger partial charge in [-0.05, 0) is 36.1 Å². The third-order valence-electron chi connectivity index (χ3n) is 4.29. The van der Waals surface area contributed by atoms with Gasteiger partial charge in [-0.25, -0.2) is 4.98 Å². The van der Waals surface area contributed by atoms with Crippen LogP contribution in [0.4, 0.5) is 5.69 Å². The highest BCUT2D eigenvalue weighted by Crippen LogP contribution is 2.35. The molecule has 4 rings (SSSR count). The van der Waals surface area contributed by atoms with E-state index in [0.29, 0.717) is 11.7 Å². The van der Waals surface area contributed by atoms with E-state index in [1.807, 2.05) is 30.3 Å². The second-order valence-corrected chi connectivity index (χ2v) is 5.62. The van der Waals surface area contributed by atoms with Gasteiger partial charge in [0.1, 0.15) is 11.8 Å². The number of anilines is 1. The predicted octanol–water partition coefficient (Wildman–Crippen LogP) is 4.21. The first-order chi connectivity index (χ1) is 10.8. The molecule has 0 radical (unpaired) electrons. The van der Waals surface area contributed by atoms with E-state index in [4.69, 9.17) is 0 Å². The van der Waals surface area contributed by atoms with Crippen molar-refractivity contribution in [2.45, 2.75) is 18.9 Å². The Bertz CT molecular complexity index is 893. The molecule has 0 aliphatic heterocycles. The van der Waals surface area contributed by atoms with Gasteiger partial charge in [0.05, 0.1) is 11.6 Å². The van der Waals surface area contributed by atoms with Gasteiger partial charge in [0.15, 0.2) is 0 Å². The number of hydrogen-bond donors (Lipinski definition) is 1. The van der Waals surface area contributed by atoms with Crippen LogP contribution in [-0.2, 0) is 6.42 Å². The highest BCUT2D eigenvalue weighted by Gasteiger charge is 2.22. The smallest absolute Gasteiger partial charge is 0.143 e. The summed E-state index contributed by atoms with van der Waals surface area (Å²) in [6.45, 7) is 0. The van der Waals surface area contributed by atoms with Gasteiger partial charge in [0.25, 0.3) is 0 Å². The number of para-hydroxylation sites is 1. The number of nitriles is 1. The Labute approximate surface area is 129 Å². The van der Waals surface area contributed by atoms with Gasteiger partial charge in [0.2, 0.25) is 0 Å². The molecule has 1 unspecified atom stereocenters. The van der Waals surface area contributed by atoms with Crippen LogP contribution < -0.4 is 5.32 Å². The molecular formula is C19H15N3. The fraction of sp³-hybridized carbons (Fsp3) is 0.158. The number of aromatic nitrogens is 1. The number of aryl methyl sites for hydroxylation is 1. The third-order valence-corrected chi connectivity index (χ3v) is 4.29. The lowest BCUT2D eigenvalue weighted by Gasteiger charge is -2.17. The van der Waals surface area contributed by atoms with Crippen LogP contribution in [0.15, 0.2) is 54.6 Å². The summed E-state index contributed by atoms with van der Waals surface area (Å²) in [6.07, 6.45) is 2.18. The Hall–Kier alpha value is -2.86. The average Bonchev–Trinajstić information content (AvgIpc) is 2.98. The van der Waals surface area contributed by atoms with Crippen LogP contribution in [0, 0.1) is 11.3 Å². The Balaban J connectivity index is 1.78. The molecule has 22 heavy (non-hydrogen) atoms. The monoisotopic (exact) mass is 285 g/mol. The fourth-order valence-corrected chi connectivity index (χ4v) is 3.25. The van der Waals surface area contributed by atoms with Crippen LogP contribution in [0.25, 0.3) is 10.9 Å². The highest BCUT2D eigenvalue weighted by molar-refractivity contribution is 5.92. The molecule has 0 saturated carbocycles. The summed E-state index contributed by atoms with van der Waals surface area (Å²) in [5, 5.41) is 13.9. The summed E-state index contributed by atoms with van der Waals surface area (Å²) in [5.41, 5.74) is 5.08. The van der Waals surface area contributed by atoms with Crippen molar-refractivity contribution in [2.75, 3.05) is 5.32 Å². The maximum atomic E-state index is 9.20. The van der Waals surface area contributed by atoms with Crippen molar-refractivity contribution in [2.24, 2.45) is 0 Å². The van der Waals surface area contributed by atoms with Gasteiger partial charge in [-0.15, -0.1) is 0 Å². The molecule has 0 saturated heterocycles. The fourth-order valence-electron chi connectivity index (χ4n) is 3.25. The first-order valence-electron chi connectivity index (χ1n) is 7.49. The molecule has 0 bridgehead atoms. The van der Waals surface area contributed by atoms with E-state index in [1.165, 1.54) is 11.1 Å². The van der Waals surface area contributed by atoms with E-state index in [0.717, 1.165) is 29.4 Å². The molecule has 1 aliphatic rings. The molecule has 3 nitrogen and oxygen atoms in total. The first-order valence-corrected chi connectivity index (χ1v) is 7.49. The molecule has 3 heteroatoms. The van der Waals surface area contributed by atoms with Crippen LogP contribution in [-0.4, -0.2) is 4.98 Å². The number of benzene rings is 2. The van der Waals surface area contributed by atoms with E-state index >= 15 is 0 Å². The molecule has 1 atom stereocenters. The Morgan fingerprint density at radius 3 is 2.82 bits per heavy atom. The summed E-state index contributed by atoms with van der Waals surface area (Å²) in [6, 6.07) is 20.8. The summed E-state index contributed by atoms with van der Waals surface area (Å²) in [7, 11) is 0. The largest absolute Gasteiger partial charge is 0.378 e. The molecule has 1 N–H and O–H groups in total. The van der Waals surface area contributed by atoms with E-state index in [2.05, 4.69) is 40.6 Å². The number of pyridine rings is 1. The maximum Gasteiger partial charge on any atom is 0.143 e. The number of fused-ring (bicyclic) bond motifs is 2. The van der Waals surface area contributed by atoms with Gasteiger partial charge in [-0.3, -0.25) is 0 Å². The lowest BCUT2D eigenvalue weighted by molar-refractivity contribution is 0.763.